The number of rotatable bonds is 4. The molecule has 2 rings (SSSR count). The molecule has 0 aliphatic heterocycles. The first-order valence-corrected chi connectivity index (χ1v) is 8.38. The van der Waals surface area contributed by atoms with Gasteiger partial charge in [-0.05, 0) is 43.2 Å². The molecule has 7 heteroatoms. The fraction of sp³-hybridized carbons (Fsp3) is 0.286. The first-order chi connectivity index (χ1) is 9.75. The van der Waals surface area contributed by atoms with Gasteiger partial charge in [-0.25, -0.2) is 8.42 Å². The fourth-order valence-corrected chi connectivity index (χ4v) is 4.28. The van der Waals surface area contributed by atoms with Crippen molar-refractivity contribution in [1.29, 1.82) is 0 Å². The summed E-state index contributed by atoms with van der Waals surface area (Å²) in [5.41, 5.74) is 1.07. The molecule has 0 saturated carbocycles. The summed E-state index contributed by atoms with van der Waals surface area (Å²) in [7, 11) is -2.29. The standard InChI is InChI=1S/C14H15Cl2NO3S/c1-9-7-12(15)10(2)14(13(9)16)21(18,19)17(3)8-11-5-4-6-20-11/h4-7H,8H2,1-3H3. The average molecular weight is 348 g/mol. The maximum atomic E-state index is 12.7. The van der Waals surface area contributed by atoms with Crippen LogP contribution in [0.5, 0.6) is 0 Å². The van der Waals surface area contributed by atoms with Crippen molar-refractivity contribution in [2.24, 2.45) is 0 Å². The molecular weight excluding hydrogens is 333 g/mol. The van der Waals surface area contributed by atoms with E-state index in [-0.39, 0.29) is 16.5 Å². The molecule has 1 aromatic carbocycles. The van der Waals surface area contributed by atoms with Gasteiger partial charge in [-0.1, -0.05) is 23.2 Å². The van der Waals surface area contributed by atoms with Crippen LogP contribution >= 0.6 is 23.2 Å². The van der Waals surface area contributed by atoms with Gasteiger partial charge in [0, 0.05) is 12.1 Å². The van der Waals surface area contributed by atoms with Crippen LogP contribution in [0.4, 0.5) is 0 Å². The van der Waals surface area contributed by atoms with E-state index in [0.717, 1.165) is 0 Å². The number of hydrogen-bond acceptors (Lipinski definition) is 3. The van der Waals surface area contributed by atoms with Gasteiger partial charge in [0.1, 0.15) is 10.7 Å². The van der Waals surface area contributed by atoms with E-state index in [0.29, 0.717) is 21.9 Å². The van der Waals surface area contributed by atoms with Crippen LogP contribution in [-0.2, 0) is 16.6 Å². The first-order valence-electron chi connectivity index (χ1n) is 6.19. The molecule has 0 radical (unpaired) electrons. The van der Waals surface area contributed by atoms with Crippen molar-refractivity contribution in [3.05, 3.63) is 51.4 Å². The quantitative estimate of drug-likeness (QED) is 0.838. The lowest BCUT2D eigenvalue weighted by Crippen LogP contribution is -2.27. The number of hydrogen-bond donors (Lipinski definition) is 0. The number of aryl methyl sites for hydroxylation is 1. The van der Waals surface area contributed by atoms with E-state index in [1.54, 1.807) is 32.0 Å². The molecule has 0 aliphatic rings. The highest BCUT2D eigenvalue weighted by molar-refractivity contribution is 7.89. The monoisotopic (exact) mass is 347 g/mol. The Labute approximate surface area is 134 Å². The van der Waals surface area contributed by atoms with Gasteiger partial charge in [0.2, 0.25) is 10.0 Å². The highest BCUT2D eigenvalue weighted by Crippen LogP contribution is 2.35. The Morgan fingerprint density at radius 2 is 1.95 bits per heavy atom. The van der Waals surface area contributed by atoms with Gasteiger partial charge in [0.15, 0.2) is 0 Å². The van der Waals surface area contributed by atoms with Crippen molar-refractivity contribution < 1.29 is 12.8 Å². The second-order valence-electron chi connectivity index (χ2n) is 4.78. The van der Waals surface area contributed by atoms with Crippen LogP contribution in [0.15, 0.2) is 33.8 Å². The number of benzene rings is 1. The van der Waals surface area contributed by atoms with Gasteiger partial charge in [0.05, 0.1) is 17.8 Å². The van der Waals surface area contributed by atoms with Crippen LogP contribution in [0.25, 0.3) is 0 Å². The zero-order valence-electron chi connectivity index (χ0n) is 11.9. The summed E-state index contributed by atoms with van der Waals surface area (Å²) in [5.74, 6) is 0.550. The zero-order valence-corrected chi connectivity index (χ0v) is 14.2. The topological polar surface area (TPSA) is 50.5 Å². The van der Waals surface area contributed by atoms with Crippen molar-refractivity contribution in [1.82, 2.24) is 4.31 Å². The van der Waals surface area contributed by atoms with E-state index < -0.39 is 10.0 Å². The van der Waals surface area contributed by atoms with Crippen LogP contribution in [0.1, 0.15) is 16.9 Å². The van der Waals surface area contributed by atoms with E-state index in [4.69, 9.17) is 27.6 Å². The lowest BCUT2D eigenvalue weighted by atomic mass is 10.2. The van der Waals surface area contributed by atoms with E-state index in [2.05, 4.69) is 0 Å². The second-order valence-corrected chi connectivity index (χ2v) is 7.55. The number of nitrogens with zero attached hydrogens (tertiary/aromatic N) is 1. The molecule has 1 heterocycles. The minimum absolute atomic E-state index is 0.0447. The van der Waals surface area contributed by atoms with Crippen molar-refractivity contribution in [3.8, 4) is 0 Å². The van der Waals surface area contributed by atoms with Gasteiger partial charge < -0.3 is 4.42 Å². The third kappa shape index (κ3) is 3.11. The normalized spacial score (nSPS) is 12.1. The average Bonchev–Trinajstić information content (AvgIpc) is 2.89. The van der Waals surface area contributed by atoms with Gasteiger partial charge in [0.25, 0.3) is 0 Å². The summed E-state index contributed by atoms with van der Waals surface area (Å²) < 4.78 is 31.9. The Kier molecular flexibility index (Phi) is 4.68. The van der Waals surface area contributed by atoms with Gasteiger partial charge in [-0.2, -0.15) is 4.31 Å². The molecule has 0 atom stereocenters. The lowest BCUT2D eigenvalue weighted by Gasteiger charge is -2.20. The predicted octanol–water partition coefficient (Wildman–Crippen LogP) is 4.02. The fourth-order valence-electron chi connectivity index (χ4n) is 1.98. The molecule has 0 unspecified atom stereocenters. The Balaban J connectivity index is 2.49. The molecule has 1 aromatic heterocycles. The van der Waals surface area contributed by atoms with Gasteiger partial charge >= 0.3 is 0 Å². The molecule has 21 heavy (non-hydrogen) atoms. The largest absolute Gasteiger partial charge is 0.468 e. The minimum atomic E-state index is -3.76. The molecule has 0 spiro atoms. The summed E-state index contributed by atoms with van der Waals surface area (Å²) in [4.78, 5) is 0.0447. The predicted molar refractivity (Wildman–Crippen MR) is 83.3 cm³/mol. The van der Waals surface area contributed by atoms with Crippen LogP contribution in [0.3, 0.4) is 0 Å². The van der Waals surface area contributed by atoms with E-state index in [1.807, 2.05) is 0 Å². The van der Waals surface area contributed by atoms with E-state index >= 15 is 0 Å². The number of sulfonamides is 1. The molecule has 0 saturated heterocycles. The smallest absolute Gasteiger partial charge is 0.245 e. The van der Waals surface area contributed by atoms with E-state index in [9.17, 15) is 8.42 Å². The van der Waals surface area contributed by atoms with Gasteiger partial charge in [-0.15, -0.1) is 0 Å². The Bertz CT molecular complexity index is 729. The first kappa shape index (κ1) is 16.4. The molecule has 0 aliphatic carbocycles. The Morgan fingerprint density at radius 3 is 2.52 bits per heavy atom. The summed E-state index contributed by atoms with van der Waals surface area (Å²) in [6.07, 6.45) is 1.50. The molecule has 0 fully saturated rings. The second kappa shape index (κ2) is 6.01. The minimum Gasteiger partial charge on any atom is -0.468 e. The number of halogens is 2. The molecule has 114 valence electrons. The van der Waals surface area contributed by atoms with Crippen molar-refractivity contribution in [2.75, 3.05) is 7.05 Å². The molecule has 0 bridgehead atoms. The highest BCUT2D eigenvalue weighted by Gasteiger charge is 2.28. The molecule has 4 nitrogen and oxygen atoms in total. The van der Waals surface area contributed by atoms with Crippen LogP contribution in [0, 0.1) is 13.8 Å². The maximum Gasteiger partial charge on any atom is 0.245 e. The molecular formula is C14H15Cl2NO3S. The Morgan fingerprint density at radius 1 is 1.29 bits per heavy atom. The summed E-state index contributed by atoms with van der Waals surface area (Å²) in [6, 6.07) is 5.08. The number of furan rings is 1. The van der Waals surface area contributed by atoms with Crippen molar-refractivity contribution in [2.45, 2.75) is 25.3 Å². The SMILES string of the molecule is Cc1cc(Cl)c(C)c(S(=O)(=O)N(C)Cc2ccco2)c1Cl. The summed E-state index contributed by atoms with van der Waals surface area (Å²) in [6.45, 7) is 3.48. The van der Waals surface area contributed by atoms with Crippen LogP contribution in [-0.4, -0.2) is 19.8 Å². The van der Waals surface area contributed by atoms with Gasteiger partial charge in [-0.3, -0.25) is 0 Å². The third-order valence-electron chi connectivity index (χ3n) is 3.21. The van der Waals surface area contributed by atoms with Crippen molar-refractivity contribution >= 4 is 33.2 Å². The van der Waals surface area contributed by atoms with E-state index in [1.165, 1.54) is 17.6 Å². The van der Waals surface area contributed by atoms with Crippen molar-refractivity contribution in [3.63, 3.8) is 0 Å². The lowest BCUT2D eigenvalue weighted by molar-refractivity contribution is 0.406. The summed E-state index contributed by atoms with van der Waals surface area (Å²) in [5, 5.41) is 0.574. The maximum absolute atomic E-state index is 12.7. The summed E-state index contributed by atoms with van der Waals surface area (Å²) >= 11 is 12.3. The Hall–Kier alpha value is -1.01. The van der Waals surface area contributed by atoms with Crippen LogP contribution < -0.4 is 0 Å². The third-order valence-corrected chi connectivity index (χ3v) is 6.18. The molecule has 2 aromatic rings. The zero-order chi connectivity index (χ0) is 15.8. The molecule has 0 amide bonds. The highest BCUT2D eigenvalue weighted by atomic mass is 35.5. The van der Waals surface area contributed by atoms with Crippen LogP contribution in [0.2, 0.25) is 10.0 Å². The molecule has 0 N–H and O–H groups in total.